The second kappa shape index (κ2) is 6.45. The van der Waals surface area contributed by atoms with E-state index in [4.69, 9.17) is 5.41 Å². The summed E-state index contributed by atoms with van der Waals surface area (Å²) in [6.07, 6.45) is 1.99. The molecule has 3 unspecified atom stereocenters. The lowest BCUT2D eigenvalue weighted by Gasteiger charge is -2.47. The van der Waals surface area contributed by atoms with Crippen molar-refractivity contribution in [3.63, 3.8) is 0 Å². The van der Waals surface area contributed by atoms with E-state index in [1.165, 1.54) is 0 Å². The minimum Gasteiger partial charge on any atom is -0.305 e. The van der Waals surface area contributed by atoms with Gasteiger partial charge in [0.2, 0.25) is 0 Å². The average molecular weight is 394 g/mol. The van der Waals surface area contributed by atoms with Gasteiger partial charge in [-0.05, 0) is 30.3 Å². The Balaban J connectivity index is 2.25. The molecule has 0 amide bonds. The van der Waals surface area contributed by atoms with Crippen LogP contribution in [0.15, 0.2) is 40.4 Å². The molecule has 1 fully saturated rings. The van der Waals surface area contributed by atoms with Gasteiger partial charge in [-0.1, -0.05) is 34.1 Å². The van der Waals surface area contributed by atoms with Gasteiger partial charge in [0.05, 0.1) is 23.9 Å². The molecule has 0 spiro atoms. The molecule has 0 aromatic heterocycles. The summed E-state index contributed by atoms with van der Waals surface area (Å²) < 4.78 is 0.910. The van der Waals surface area contributed by atoms with E-state index in [-0.39, 0.29) is 11.6 Å². The van der Waals surface area contributed by atoms with Crippen LogP contribution in [0.4, 0.5) is 0 Å². The number of nitriles is 3. The van der Waals surface area contributed by atoms with Crippen molar-refractivity contribution >= 4 is 21.6 Å². The van der Waals surface area contributed by atoms with Crippen molar-refractivity contribution < 1.29 is 0 Å². The lowest BCUT2D eigenvalue weighted by molar-refractivity contribution is 0.235. The molecule has 1 heterocycles. The van der Waals surface area contributed by atoms with Gasteiger partial charge in [0.15, 0.2) is 5.41 Å². The number of rotatable bonds is 1. The number of nitrogens with zero attached hydrogens (tertiary/aromatic N) is 4. The minimum absolute atomic E-state index is 0.0972. The van der Waals surface area contributed by atoms with Crippen molar-refractivity contribution in [2.45, 2.75) is 5.92 Å². The molecule has 1 aliphatic heterocycles. The molecular weight excluding hydrogens is 378 g/mol. The fourth-order valence-electron chi connectivity index (χ4n) is 4.00. The van der Waals surface area contributed by atoms with E-state index >= 15 is 0 Å². The van der Waals surface area contributed by atoms with Gasteiger partial charge in [-0.25, -0.2) is 0 Å². The zero-order valence-corrected chi connectivity index (χ0v) is 15.3. The lowest BCUT2D eigenvalue weighted by Crippen LogP contribution is -2.52. The standard InChI is InChI=1S/C19H16BrN5/c1-25-7-6-14-15(8-21)18(24)19(10-22,11-23)17(16(14)9-25)12-2-4-13(20)5-3-12/h2-6,15-17,24H,7,9H2,1H3. The quantitative estimate of drug-likeness (QED) is 0.740. The Morgan fingerprint density at radius 1 is 1.20 bits per heavy atom. The average Bonchev–Trinajstić information content (AvgIpc) is 2.62. The lowest BCUT2D eigenvalue weighted by atomic mass is 9.54. The maximum Gasteiger partial charge on any atom is 0.189 e. The normalized spacial score (nSPS) is 28.0. The van der Waals surface area contributed by atoms with Crippen LogP contribution in [0.3, 0.4) is 0 Å². The minimum atomic E-state index is -1.63. The molecular formula is C19H16BrN5. The van der Waals surface area contributed by atoms with E-state index in [0.29, 0.717) is 13.1 Å². The van der Waals surface area contributed by atoms with Gasteiger partial charge in [-0.15, -0.1) is 0 Å². The number of hydrogen-bond acceptors (Lipinski definition) is 5. The van der Waals surface area contributed by atoms with Crippen molar-refractivity contribution in [1.29, 1.82) is 21.2 Å². The molecule has 5 nitrogen and oxygen atoms in total. The largest absolute Gasteiger partial charge is 0.305 e. The molecule has 124 valence electrons. The van der Waals surface area contributed by atoms with Crippen LogP contribution in [0, 0.1) is 56.7 Å². The van der Waals surface area contributed by atoms with E-state index in [2.05, 4.69) is 39.0 Å². The van der Waals surface area contributed by atoms with Crippen molar-refractivity contribution in [3.8, 4) is 18.2 Å². The van der Waals surface area contributed by atoms with Gasteiger partial charge in [0.25, 0.3) is 0 Å². The molecule has 0 saturated heterocycles. The van der Waals surface area contributed by atoms with E-state index in [9.17, 15) is 15.8 Å². The molecule has 0 bridgehead atoms. The smallest absolute Gasteiger partial charge is 0.189 e. The highest BCUT2D eigenvalue weighted by Crippen LogP contribution is 2.53. The third-order valence-corrected chi connectivity index (χ3v) is 5.73. The number of likely N-dealkylation sites (N-methyl/N-ethyl adjacent to an activating group) is 1. The molecule has 1 aromatic rings. The summed E-state index contributed by atoms with van der Waals surface area (Å²) in [5.41, 5.74) is -0.00716. The molecule has 6 heteroatoms. The summed E-state index contributed by atoms with van der Waals surface area (Å²) in [5.74, 6) is -1.41. The first-order valence-electron chi connectivity index (χ1n) is 7.93. The van der Waals surface area contributed by atoms with Gasteiger partial charge in [-0.2, -0.15) is 15.8 Å². The van der Waals surface area contributed by atoms with Gasteiger partial charge >= 0.3 is 0 Å². The number of halogens is 1. The number of hydrogen-bond donors (Lipinski definition) is 1. The van der Waals surface area contributed by atoms with E-state index < -0.39 is 17.3 Å². The van der Waals surface area contributed by atoms with Crippen LogP contribution in [0.5, 0.6) is 0 Å². The molecule has 1 aromatic carbocycles. The number of benzene rings is 1. The summed E-state index contributed by atoms with van der Waals surface area (Å²) in [5, 5.41) is 37.9. The predicted molar refractivity (Wildman–Crippen MR) is 96.4 cm³/mol. The Morgan fingerprint density at radius 3 is 2.40 bits per heavy atom. The van der Waals surface area contributed by atoms with Gasteiger partial charge < -0.3 is 10.3 Å². The van der Waals surface area contributed by atoms with E-state index in [0.717, 1.165) is 15.6 Å². The van der Waals surface area contributed by atoms with Crippen LogP contribution < -0.4 is 0 Å². The van der Waals surface area contributed by atoms with Gasteiger partial charge in [-0.3, -0.25) is 0 Å². The third-order valence-electron chi connectivity index (χ3n) is 5.20. The molecule has 2 aliphatic rings. The van der Waals surface area contributed by atoms with E-state index in [1.54, 1.807) is 0 Å². The van der Waals surface area contributed by atoms with Gasteiger partial charge in [0.1, 0.15) is 5.92 Å². The Morgan fingerprint density at radius 2 is 1.84 bits per heavy atom. The van der Waals surface area contributed by atoms with Crippen molar-refractivity contribution in [1.82, 2.24) is 4.90 Å². The van der Waals surface area contributed by atoms with Crippen LogP contribution in [-0.4, -0.2) is 30.7 Å². The van der Waals surface area contributed by atoms with Crippen LogP contribution in [0.25, 0.3) is 0 Å². The number of fused-ring (bicyclic) bond motifs is 1. The zero-order valence-electron chi connectivity index (χ0n) is 13.7. The summed E-state index contributed by atoms with van der Waals surface area (Å²) in [7, 11) is 1.98. The Labute approximate surface area is 155 Å². The van der Waals surface area contributed by atoms with E-state index in [1.807, 2.05) is 37.4 Å². The summed E-state index contributed by atoms with van der Waals surface area (Å²) in [6, 6.07) is 13.9. The highest BCUT2D eigenvalue weighted by molar-refractivity contribution is 9.10. The first-order valence-corrected chi connectivity index (χ1v) is 8.72. The fourth-order valence-corrected chi connectivity index (χ4v) is 4.26. The highest BCUT2D eigenvalue weighted by Gasteiger charge is 2.57. The van der Waals surface area contributed by atoms with Crippen LogP contribution >= 0.6 is 15.9 Å². The monoisotopic (exact) mass is 393 g/mol. The van der Waals surface area contributed by atoms with Crippen LogP contribution in [0.1, 0.15) is 11.5 Å². The Kier molecular flexibility index (Phi) is 4.48. The van der Waals surface area contributed by atoms with Crippen molar-refractivity contribution in [3.05, 3.63) is 46.0 Å². The maximum atomic E-state index is 9.90. The fraction of sp³-hybridized carbons (Fsp3) is 0.368. The Hall–Kier alpha value is -2.46. The van der Waals surface area contributed by atoms with Crippen LogP contribution in [0.2, 0.25) is 0 Å². The topological polar surface area (TPSA) is 98.5 Å². The summed E-state index contributed by atoms with van der Waals surface area (Å²) >= 11 is 3.41. The Bertz CT molecular complexity index is 851. The maximum absolute atomic E-state index is 9.90. The van der Waals surface area contributed by atoms with Gasteiger partial charge in [0, 0.05) is 29.4 Å². The third kappa shape index (κ3) is 2.57. The summed E-state index contributed by atoms with van der Waals surface area (Å²) in [4.78, 5) is 2.11. The van der Waals surface area contributed by atoms with Crippen molar-refractivity contribution in [2.75, 3.05) is 20.1 Å². The molecule has 3 rings (SSSR count). The summed E-state index contributed by atoms with van der Waals surface area (Å²) in [6.45, 7) is 1.36. The second-order valence-corrected chi connectivity index (χ2v) is 7.48. The zero-order chi connectivity index (χ0) is 18.2. The second-order valence-electron chi connectivity index (χ2n) is 6.57. The SMILES string of the molecule is CN1CC=C2C(C#N)C(=N)C(C#N)(C#N)C(c3ccc(Br)cc3)C2C1. The molecule has 25 heavy (non-hydrogen) atoms. The first-order chi connectivity index (χ1) is 12.0. The molecule has 1 aliphatic carbocycles. The molecule has 3 atom stereocenters. The molecule has 1 saturated carbocycles. The predicted octanol–water partition coefficient (Wildman–Crippen LogP) is 3.23. The number of nitrogens with one attached hydrogen (secondary N) is 1. The highest BCUT2D eigenvalue weighted by atomic mass is 79.9. The first kappa shape index (κ1) is 17.4. The van der Waals surface area contributed by atoms with Crippen LogP contribution in [-0.2, 0) is 0 Å². The van der Waals surface area contributed by atoms with Crippen molar-refractivity contribution in [2.24, 2.45) is 17.3 Å². The molecule has 0 radical (unpaired) electrons. The molecule has 1 N–H and O–H groups in total.